The molecular formula is C28H22BrCl2F6N5O6. The fourth-order valence-electron chi connectivity index (χ4n) is 3.78. The highest BCUT2D eigenvalue weighted by atomic mass is 79.9. The van der Waals surface area contributed by atoms with Crippen LogP contribution in [0.1, 0.15) is 32.1 Å². The van der Waals surface area contributed by atoms with Crippen molar-refractivity contribution in [3.05, 3.63) is 81.4 Å². The van der Waals surface area contributed by atoms with Crippen LogP contribution in [-0.4, -0.2) is 89.8 Å². The number of rotatable bonds is 11. The van der Waals surface area contributed by atoms with Gasteiger partial charge in [0.25, 0.3) is 11.8 Å². The maximum atomic E-state index is 12.5. The number of benzene rings is 1. The first-order chi connectivity index (χ1) is 22.6. The van der Waals surface area contributed by atoms with E-state index in [0.29, 0.717) is 16.7 Å². The molecule has 0 bridgehead atoms. The number of fused-ring (bicyclic) bond motifs is 1. The second-order valence-corrected chi connectivity index (χ2v) is 10.5. The van der Waals surface area contributed by atoms with E-state index in [9.17, 15) is 35.9 Å². The maximum absolute atomic E-state index is 12.5. The Kier molecular flexibility index (Phi) is 13.4. The van der Waals surface area contributed by atoms with Crippen LogP contribution in [0.3, 0.4) is 0 Å². The third kappa shape index (κ3) is 10.7. The van der Waals surface area contributed by atoms with E-state index < -0.39 is 37.4 Å². The zero-order chi connectivity index (χ0) is 35.6. The van der Waals surface area contributed by atoms with Crippen molar-refractivity contribution in [3.63, 3.8) is 0 Å². The Morgan fingerprint density at radius 3 is 1.58 bits per heavy atom. The summed E-state index contributed by atoms with van der Waals surface area (Å²) >= 11 is 15.2. The van der Waals surface area contributed by atoms with Crippen molar-refractivity contribution in [2.45, 2.75) is 12.4 Å². The van der Waals surface area contributed by atoms with Crippen molar-refractivity contribution in [1.82, 2.24) is 14.9 Å². The Labute approximate surface area is 286 Å². The molecular weight excluding hydrogens is 767 g/mol. The minimum absolute atomic E-state index is 0.0319. The molecule has 0 aliphatic carbocycles. The number of pyridine rings is 2. The molecule has 0 spiro atoms. The summed E-state index contributed by atoms with van der Waals surface area (Å²) in [5.41, 5.74) is 1.29. The molecule has 0 fully saturated rings. The van der Waals surface area contributed by atoms with Crippen LogP contribution in [0.25, 0.3) is 0 Å². The van der Waals surface area contributed by atoms with Crippen LogP contribution in [0.15, 0.2) is 59.1 Å². The van der Waals surface area contributed by atoms with E-state index in [1.807, 2.05) is 0 Å². The van der Waals surface area contributed by atoms with E-state index >= 15 is 0 Å². The van der Waals surface area contributed by atoms with Gasteiger partial charge in [0, 0.05) is 12.1 Å². The molecule has 1 aliphatic rings. The number of aromatic nitrogens is 2. The number of imide groups is 1. The van der Waals surface area contributed by atoms with Gasteiger partial charge in [-0.15, -0.1) is 0 Å². The van der Waals surface area contributed by atoms with E-state index in [0.717, 1.165) is 23.4 Å². The Morgan fingerprint density at radius 1 is 0.792 bits per heavy atom. The number of oxime groups is 2. The number of amides is 2. The van der Waals surface area contributed by atoms with E-state index in [1.54, 1.807) is 12.1 Å². The van der Waals surface area contributed by atoms with Gasteiger partial charge in [0.2, 0.25) is 0 Å². The van der Waals surface area contributed by atoms with Gasteiger partial charge >= 0.3 is 12.4 Å². The predicted molar refractivity (Wildman–Crippen MR) is 164 cm³/mol. The zero-order valence-electron chi connectivity index (χ0n) is 24.5. The number of nitrogens with zero attached hydrogens (tertiary/aromatic N) is 5. The van der Waals surface area contributed by atoms with Crippen molar-refractivity contribution in [2.75, 3.05) is 39.3 Å². The third-order valence-electron chi connectivity index (χ3n) is 5.70. The van der Waals surface area contributed by atoms with E-state index in [1.165, 1.54) is 32.4 Å². The monoisotopic (exact) mass is 787 g/mol. The van der Waals surface area contributed by atoms with E-state index in [4.69, 9.17) is 28.0 Å². The highest BCUT2D eigenvalue weighted by Gasteiger charge is 2.36. The lowest BCUT2D eigenvalue weighted by Crippen LogP contribution is -2.35. The molecule has 3 heterocycles. The van der Waals surface area contributed by atoms with Gasteiger partial charge in [-0.05, 0) is 12.1 Å². The summed E-state index contributed by atoms with van der Waals surface area (Å²) in [6.45, 7) is -3.20. The molecule has 0 atom stereocenters. The van der Waals surface area contributed by atoms with Gasteiger partial charge in [-0.3, -0.25) is 14.5 Å². The summed E-state index contributed by atoms with van der Waals surface area (Å²) in [6, 6.07) is 8.69. The lowest BCUT2D eigenvalue weighted by molar-refractivity contribution is -0.154. The average molecular weight is 789 g/mol. The second-order valence-electron chi connectivity index (χ2n) is 9.13. The van der Waals surface area contributed by atoms with Crippen molar-refractivity contribution in [2.24, 2.45) is 10.3 Å². The summed E-state index contributed by atoms with van der Waals surface area (Å²) in [6.07, 6.45) is -6.76. The maximum Gasteiger partial charge on any atom is 0.422 e. The zero-order valence-corrected chi connectivity index (χ0v) is 27.6. The smallest absolute Gasteiger partial charge is 0.422 e. The highest BCUT2D eigenvalue weighted by molar-refractivity contribution is 9.09. The van der Waals surface area contributed by atoms with Crippen LogP contribution >= 0.6 is 39.1 Å². The summed E-state index contributed by atoms with van der Waals surface area (Å²) in [5, 5.41) is 7.82. The Balaban J connectivity index is 0.000000286. The van der Waals surface area contributed by atoms with Crippen LogP contribution in [-0.2, 0) is 9.68 Å². The Bertz CT molecular complexity index is 1660. The topological polar surface area (TPSA) is 125 Å². The van der Waals surface area contributed by atoms with Gasteiger partial charge in [-0.1, -0.05) is 61.6 Å². The summed E-state index contributed by atoms with van der Waals surface area (Å²) in [5.74, 6) is -1.31. The molecule has 258 valence electrons. The molecule has 20 heteroatoms. The molecule has 4 rings (SSSR count). The minimum Gasteiger partial charge on any atom is -0.482 e. The van der Waals surface area contributed by atoms with Gasteiger partial charge in [0.1, 0.15) is 48.5 Å². The predicted octanol–water partition coefficient (Wildman–Crippen LogP) is 6.74. The summed E-state index contributed by atoms with van der Waals surface area (Å²) < 4.78 is 81.9. The Morgan fingerprint density at radius 2 is 1.21 bits per heavy atom. The largest absolute Gasteiger partial charge is 0.482 e. The molecule has 0 saturated carbocycles. The quantitative estimate of drug-likeness (QED) is 0.0688. The molecule has 11 nitrogen and oxygen atoms in total. The summed E-state index contributed by atoms with van der Waals surface area (Å²) in [4.78, 5) is 43.2. The number of hydrogen-bond donors (Lipinski definition) is 0. The fraction of sp³-hybridized carbons (Fsp3) is 0.286. The van der Waals surface area contributed by atoms with Crippen LogP contribution in [0.5, 0.6) is 11.5 Å². The SMILES string of the molecule is CON=C(CBr)c1ncc(OCC(F)(F)F)cc1Cl.CON=C(CN1C(=O)c2ccccc2C1=O)c1ncc(OCC(F)(F)F)cc1Cl. The van der Waals surface area contributed by atoms with Gasteiger partial charge < -0.3 is 19.1 Å². The molecule has 1 aliphatic heterocycles. The van der Waals surface area contributed by atoms with Crippen LogP contribution < -0.4 is 9.47 Å². The molecule has 0 saturated heterocycles. The normalized spacial score (nSPS) is 13.5. The number of alkyl halides is 7. The van der Waals surface area contributed by atoms with Gasteiger partial charge in [0.05, 0.1) is 45.4 Å². The number of carbonyl (C=O) groups excluding carboxylic acids is 2. The lowest BCUT2D eigenvalue weighted by atomic mass is 10.1. The van der Waals surface area contributed by atoms with Crippen molar-refractivity contribution >= 4 is 62.4 Å². The fourth-order valence-corrected chi connectivity index (χ4v) is 4.68. The van der Waals surface area contributed by atoms with Crippen LogP contribution in [0, 0.1) is 0 Å². The van der Waals surface area contributed by atoms with E-state index in [-0.39, 0.29) is 50.6 Å². The van der Waals surface area contributed by atoms with E-state index in [2.05, 4.69) is 50.5 Å². The van der Waals surface area contributed by atoms with Crippen LogP contribution in [0.2, 0.25) is 10.0 Å². The number of carbonyl (C=O) groups is 2. The second kappa shape index (κ2) is 16.8. The lowest BCUT2D eigenvalue weighted by Gasteiger charge is -2.16. The summed E-state index contributed by atoms with van der Waals surface area (Å²) in [7, 11) is 2.61. The van der Waals surface area contributed by atoms with Crippen molar-refractivity contribution in [3.8, 4) is 11.5 Å². The first-order valence-electron chi connectivity index (χ1n) is 13.0. The minimum atomic E-state index is -4.51. The highest BCUT2D eigenvalue weighted by Crippen LogP contribution is 2.27. The van der Waals surface area contributed by atoms with Crippen molar-refractivity contribution in [1.29, 1.82) is 0 Å². The molecule has 0 N–H and O–H groups in total. The number of ether oxygens (including phenoxy) is 2. The number of halogens is 9. The molecule has 48 heavy (non-hydrogen) atoms. The van der Waals surface area contributed by atoms with Gasteiger partial charge in [-0.25, -0.2) is 9.97 Å². The standard InChI is InChI=1S/C18H13ClF3N3O4.C10H9BrClF3N2O2/c1-28-24-14(8-25-16(26)11-4-2-3-5-12(11)17(25)27)15-13(19)6-10(7-23-15)29-9-18(20,21)22;1-18-17-8(3-11)9-7(12)2-6(4-16-9)19-5-10(13,14)15/h2-7H,8-9H2,1H3;2,4H,3,5H2,1H3. The van der Waals surface area contributed by atoms with Crippen molar-refractivity contribution < 1.29 is 55.1 Å². The van der Waals surface area contributed by atoms with Crippen LogP contribution in [0.4, 0.5) is 26.3 Å². The third-order valence-corrected chi connectivity index (χ3v) is 6.81. The Hall–Kier alpha value is -4.16. The molecule has 0 radical (unpaired) electrons. The molecule has 1 aromatic carbocycles. The van der Waals surface area contributed by atoms with Gasteiger partial charge in [0.15, 0.2) is 13.2 Å². The average Bonchev–Trinajstić information content (AvgIpc) is 3.26. The molecule has 3 aromatic rings. The molecule has 2 aromatic heterocycles. The molecule has 0 unspecified atom stereocenters. The van der Waals surface area contributed by atoms with Gasteiger partial charge in [-0.2, -0.15) is 26.3 Å². The first-order valence-corrected chi connectivity index (χ1v) is 14.9. The molecule has 2 amide bonds. The first kappa shape index (κ1) is 38.3. The number of hydrogen-bond acceptors (Lipinski definition) is 10.